The van der Waals surface area contributed by atoms with E-state index in [4.69, 9.17) is 14.2 Å². The van der Waals surface area contributed by atoms with Crippen molar-refractivity contribution in [1.82, 2.24) is 0 Å². The van der Waals surface area contributed by atoms with E-state index in [0.29, 0.717) is 31.6 Å². The van der Waals surface area contributed by atoms with E-state index in [-0.39, 0.29) is 29.6 Å². The molecule has 0 saturated heterocycles. The number of alkyl halides is 3. The molecule has 3 aromatic carbocycles. The predicted octanol–water partition coefficient (Wildman–Crippen LogP) is 8.97. The molecule has 0 N–H and O–H groups in total. The van der Waals surface area contributed by atoms with Gasteiger partial charge in [-0.25, -0.2) is 14.0 Å². The predicted molar refractivity (Wildman–Crippen MR) is 158 cm³/mol. The van der Waals surface area contributed by atoms with Gasteiger partial charge in [0.05, 0.1) is 17.7 Å². The quantitative estimate of drug-likeness (QED) is 0.0651. The van der Waals surface area contributed by atoms with E-state index >= 15 is 0 Å². The minimum Gasteiger partial charge on any atom is -0.494 e. The van der Waals surface area contributed by atoms with Gasteiger partial charge in [-0.05, 0) is 85.7 Å². The number of hydrogen-bond acceptors (Lipinski definition) is 6. The van der Waals surface area contributed by atoms with Crippen LogP contribution in [-0.2, 0) is 9.47 Å². The maximum atomic E-state index is 14.7. The normalized spacial score (nSPS) is 11.4. The number of carbonyl (C=O) groups excluding carboxylic acids is 2. The second-order valence-corrected chi connectivity index (χ2v) is 10.3. The van der Waals surface area contributed by atoms with Gasteiger partial charge in [0.2, 0.25) is 0 Å². The van der Waals surface area contributed by atoms with Gasteiger partial charge in [0.15, 0.2) is 11.6 Å². The van der Waals surface area contributed by atoms with Crippen molar-refractivity contribution in [2.45, 2.75) is 71.1 Å². The standard InChI is InChI=1S/C34H38F4O6/c1-3-8-29(9-4-2)43-33(40)27-16-19-31(30(35)22-27)44-32(39)26-12-10-24(11-13-26)25-14-17-28(18-15-25)42-21-7-5-6-20-41-23-34(36,37)38/h10-19,22,29H,3-9,20-21,23H2,1-2H3. The summed E-state index contributed by atoms with van der Waals surface area (Å²) in [7, 11) is 0. The van der Waals surface area contributed by atoms with Crippen molar-refractivity contribution >= 4 is 11.9 Å². The summed E-state index contributed by atoms with van der Waals surface area (Å²) in [6.45, 7) is 3.27. The third-order valence-electron chi connectivity index (χ3n) is 6.64. The Morgan fingerprint density at radius 2 is 1.34 bits per heavy atom. The van der Waals surface area contributed by atoms with E-state index in [0.717, 1.165) is 42.9 Å². The Balaban J connectivity index is 1.47. The van der Waals surface area contributed by atoms with Gasteiger partial charge in [-0.1, -0.05) is 51.0 Å². The van der Waals surface area contributed by atoms with Gasteiger partial charge in [-0.2, -0.15) is 13.2 Å². The molecular formula is C34H38F4O6. The Morgan fingerprint density at radius 3 is 1.93 bits per heavy atom. The molecule has 3 aromatic rings. The molecule has 10 heteroatoms. The molecular weight excluding hydrogens is 580 g/mol. The molecule has 6 nitrogen and oxygen atoms in total. The van der Waals surface area contributed by atoms with E-state index in [2.05, 4.69) is 4.74 Å². The Hall–Kier alpha value is -3.92. The summed E-state index contributed by atoms with van der Waals surface area (Å²) in [5.74, 6) is -1.84. The van der Waals surface area contributed by atoms with Crippen LogP contribution in [-0.4, -0.2) is 44.0 Å². The van der Waals surface area contributed by atoms with E-state index in [1.165, 1.54) is 12.1 Å². The van der Waals surface area contributed by atoms with Crippen LogP contribution < -0.4 is 9.47 Å². The zero-order chi connectivity index (χ0) is 32.0. The summed E-state index contributed by atoms with van der Waals surface area (Å²) in [6.07, 6.45) is 0.579. The van der Waals surface area contributed by atoms with Crippen LogP contribution in [0.15, 0.2) is 66.7 Å². The van der Waals surface area contributed by atoms with Crippen LogP contribution in [0.1, 0.15) is 79.5 Å². The molecule has 0 fully saturated rings. The Morgan fingerprint density at radius 1 is 0.750 bits per heavy atom. The number of esters is 2. The highest BCUT2D eigenvalue weighted by Crippen LogP contribution is 2.25. The lowest BCUT2D eigenvalue weighted by Crippen LogP contribution is -2.18. The SMILES string of the molecule is CCCC(CCC)OC(=O)c1ccc(OC(=O)c2ccc(-c3ccc(OCCCCCOCC(F)(F)F)cc3)cc2)c(F)c1. The molecule has 0 unspecified atom stereocenters. The van der Waals surface area contributed by atoms with Crippen LogP contribution in [0.25, 0.3) is 11.1 Å². The number of hydrogen-bond donors (Lipinski definition) is 0. The summed E-state index contributed by atoms with van der Waals surface area (Å²) < 4.78 is 71.9. The smallest absolute Gasteiger partial charge is 0.411 e. The summed E-state index contributed by atoms with van der Waals surface area (Å²) in [5, 5.41) is 0. The van der Waals surface area contributed by atoms with Gasteiger partial charge < -0.3 is 18.9 Å². The first-order chi connectivity index (χ1) is 21.1. The Labute approximate surface area is 255 Å². The molecule has 0 saturated carbocycles. The number of halogens is 4. The third kappa shape index (κ3) is 11.6. The average Bonchev–Trinajstić information content (AvgIpc) is 2.99. The highest BCUT2D eigenvalue weighted by molar-refractivity contribution is 5.92. The highest BCUT2D eigenvalue weighted by Gasteiger charge is 2.27. The van der Waals surface area contributed by atoms with E-state index in [1.807, 2.05) is 26.0 Å². The van der Waals surface area contributed by atoms with Crippen molar-refractivity contribution < 1.29 is 46.1 Å². The number of rotatable bonds is 17. The van der Waals surface area contributed by atoms with Crippen LogP contribution in [0.2, 0.25) is 0 Å². The number of ether oxygens (including phenoxy) is 4. The Bertz CT molecular complexity index is 1320. The molecule has 0 bridgehead atoms. The van der Waals surface area contributed by atoms with Gasteiger partial charge in [0, 0.05) is 6.61 Å². The number of unbranched alkanes of at least 4 members (excludes halogenated alkanes) is 2. The van der Waals surface area contributed by atoms with Gasteiger partial charge in [-0.15, -0.1) is 0 Å². The van der Waals surface area contributed by atoms with Crippen LogP contribution in [0.4, 0.5) is 17.6 Å². The first kappa shape index (κ1) is 34.6. The Kier molecular flexibility index (Phi) is 13.7. The summed E-state index contributed by atoms with van der Waals surface area (Å²) in [5.41, 5.74) is 1.99. The monoisotopic (exact) mass is 618 g/mol. The number of carbonyl (C=O) groups is 2. The molecule has 0 aliphatic rings. The van der Waals surface area contributed by atoms with Crippen LogP contribution in [0, 0.1) is 5.82 Å². The molecule has 0 heterocycles. The molecule has 0 aliphatic heterocycles. The largest absolute Gasteiger partial charge is 0.494 e. The molecule has 0 atom stereocenters. The lowest BCUT2D eigenvalue weighted by Gasteiger charge is -2.16. The molecule has 238 valence electrons. The summed E-state index contributed by atoms with van der Waals surface area (Å²) in [4.78, 5) is 25.1. The average molecular weight is 619 g/mol. The van der Waals surface area contributed by atoms with E-state index in [1.54, 1.807) is 36.4 Å². The molecule has 0 aliphatic carbocycles. The van der Waals surface area contributed by atoms with Crippen LogP contribution in [0.5, 0.6) is 11.5 Å². The summed E-state index contributed by atoms with van der Waals surface area (Å²) >= 11 is 0. The maximum Gasteiger partial charge on any atom is 0.411 e. The highest BCUT2D eigenvalue weighted by atomic mass is 19.4. The van der Waals surface area contributed by atoms with Crippen molar-refractivity contribution in [1.29, 1.82) is 0 Å². The first-order valence-corrected chi connectivity index (χ1v) is 14.8. The van der Waals surface area contributed by atoms with Crippen molar-refractivity contribution in [3.05, 3.63) is 83.7 Å². The molecule has 0 radical (unpaired) electrons. The third-order valence-corrected chi connectivity index (χ3v) is 6.64. The fraction of sp³-hybridized carbons (Fsp3) is 0.412. The lowest BCUT2D eigenvalue weighted by atomic mass is 10.0. The first-order valence-electron chi connectivity index (χ1n) is 14.8. The number of benzene rings is 3. The van der Waals surface area contributed by atoms with E-state index < -0.39 is 30.5 Å². The minimum absolute atomic E-state index is 0.0497. The molecule has 0 amide bonds. The summed E-state index contributed by atoms with van der Waals surface area (Å²) in [6, 6.07) is 17.6. The fourth-order valence-electron chi connectivity index (χ4n) is 4.40. The van der Waals surface area contributed by atoms with Crippen molar-refractivity contribution in [2.75, 3.05) is 19.8 Å². The fourth-order valence-corrected chi connectivity index (χ4v) is 4.40. The van der Waals surface area contributed by atoms with Crippen molar-refractivity contribution in [3.8, 4) is 22.6 Å². The van der Waals surface area contributed by atoms with Crippen LogP contribution in [0.3, 0.4) is 0 Å². The molecule has 0 spiro atoms. The van der Waals surface area contributed by atoms with Gasteiger partial charge in [-0.3, -0.25) is 0 Å². The van der Waals surface area contributed by atoms with Crippen molar-refractivity contribution in [2.24, 2.45) is 0 Å². The van der Waals surface area contributed by atoms with Gasteiger partial charge in [0.25, 0.3) is 0 Å². The van der Waals surface area contributed by atoms with Gasteiger partial charge in [0.1, 0.15) is 18.5 Å². The second-order valence-electron chi connectivity index (χ2n) is 10.3. The van der Waals surface area contributed by atoms with E-state index in [9.17, 15) is 27.2 Å². The molecule has 3 rings (SSSR count). The molecule has 44 heavy (non-hydrogen) atoms. The zero-order valence-corrected chi connectivity index (χ0v) is 25.0. The molecule has 0 aromatic heterocycles. The van der Waals surface area contributed by atoms with Crippen molar-refractivity contribution in [3.63, 3.8) is 0 Å². The zero-order valence-electron chi connectivity index (χ0n) is 25.0. The van der Waals surface area contributed by atoms with Gasteiger partial charge >= 0.3 is 18.1 Å². The second kappa shape index (κ2) is 17.4. The lowest BCUT2D eigenvalue weighted by molar-refractivity contribution is -0.174. The minimum atomic E-state index is -4.30. The topological polar surface area (TPSA) is 71.1 Å². The maximum absolute atomic E-state index is 14.7. The van der Waals surface area contributed by atoms with Crippen LogP contribution >= 0.6 is 0 Å².